The molecule has 4 N–H and O–H groups in total. The number of hydrogen-bond donors (Lipinski definition) is 2. The summed E-state index contributed by atoms with van der Waals surface area (Å²) in [6.45, 7) is 10.4. The smallest absolute Gasteiger partial charge is 0.0166 e. The molecule has 0 rings (SSSR count). The van der Waals surface area contributed by atoms with Crippen LogP contribution in [0.15, 0.2) is 0 Å². The molecule has 0 saturated carbocycles. The first kappa shape index (κ1) is 10.9. The second kappa shape index (κ2) is 3.11. The lowest BCUT2D eigenvalue weighted by molar-refractivity contribution is 0.258. The standard InChI is InChI=1S/C9H22N2/c1-7(2)9(5,11)6-8(3,4)10/h7H,6,10-11H2,1-5H3. The predicted molar refractivity (Wildman–Crippen MR) is 50.3 cm³/mol. The van der Waals surface area contributed by atoms with Gasteiger partial charge in [0, 0.05) is 11.1 Å². The van der Waals surface area contributed by atoms with E-state index >= 15 is 0 Å². The van der Waals surface area contributed by atoms with E-state index in [1.807, 2.05) is 13.8 Å². The van der Waals surface area contributed by atoms with Gasteiger partial charge >= 0.3 is 0 Å². The van der Waals surface area contributed by atoms with Crippen molar-refractivity contribution in [2.45, 2.75) is 52.1 Å². The van der Waals surface area contributed by atoms with Gasteiger partial charge in [-0.05, 0) is 33.1 Å². The van der Waals surface area contributed by atoms with Crippen LogP contribution >= 0.6 is 0 Å². The number of nitrogens with two attached hydrogens (primary N) is 2. The van der Waals surface area contributed by atoms with Crippen molar-refractivity contribution in [1.29, 1.82) is 0 Å². The van der Waals surface area contributed by atoms with Crippen LogP contribution in [0.4, 0.5) is 0 Å². The third kappa shape index (κ3) is 4.38. The highest BCUT2D eigenvalue weighted by molar-refractivity contribution is 4.90. The fourth-order valence-corrected chi connectivity index (χ4v) is 1.19. The molecule has 0 aromatic heterocycles. The largest absolute Gasteiger partial charge is 0.325 e. The maximum Gasteiger partial charge on any atom is 0.0166 e. The molecular formula is C9H22N2. The lowest BCUT2D eigenvalue weighted by Gasteiger charge is -2.35. The zero-order valence-electron chi connectivity index (χ0n) is 8.44. The summed E-state index contributed by atoms with van der Waals surface area (Å²) in [5.41, 5.74) is 11.6. The van der Waals surface area contributed by atoms with E-state index in [0.29, 0.717) is 5.92 Å². The summed E-state index contributed by atoms with van der Waals surface area (Å²) in [4.78, 5) is 0. The third-order valence-electron chi connectivity index (χ3n) is 2.16. The van der Waals surface area contributed by atoms with Crippen LogP contribution in [-0.2, 0) is 0 Å². The molecule has 2 heteroatoms. The lowest BCUT2D eigenvalue weighted by Crippen LogP contribution is -2.50. The molecule has 2 nitrogen and oxygen atoms in total. The molecule has 0 saturated heterocycles. The second-order valence-corrected chi connectivity index (χ2v) is 4.83. The van der Waals surface area contributed by atoms with Gasteiger partial charge in [0.2, 0.25) is 0 Å². The van der Waals surface area contributed by atoms with Gasteiger partial charge in [0.25, 0.3) is 0 Å². The average molecular weight is 158 g/mol. The van der Waals surface area contributed by atoms with Crippen LogP contribution in [0.1, 0.15) is 41.0 Å². The van der Waals surface area contributed by atoms with Crippen LogP contribution in [0, 0.1) is 5.92 Å². The van der Waals surface area contributed by atoms with Crippen molar-refractivity contribution < 1.29 is 0 Å². The minimum absolute atomic E-state index is 0.141. The van der Waals surface area contributed by atoms with Gasteiger partial charge in [-0.15, -0.1) is 0 Å². The Labute approximate surface area is 70.3 Å². The van der Waals surface area contributed by atoms with Crippen molar-refractivity contribution in [1.82, 2.24) is 0 Å². The Balaban J connectivity index is 4.13. The average Bonchev–Trinajstić information content (AvgIpc) is 1.56. The molecule has 11 heavy (non-hydrogen) atoms. The zero-order chi connectivity index (χ0) is 9.28. The highest BCUT2D eigenvalue weighted by atomic mass is 14.8. The van der Waals surface area contributed by atoms with E-state index in [1.165, 1.54) is 0 Å². The fourth-order valence-electron chi connectivity index (χ4n) is 1.19. The summed E-state index contributed by atoms with van der Waals surface area (Å²) in [6.07, 6.45) is 0.859. The van der Waals surface area contributed by atoms with Gasteiger partial charge in [0.05, 0.1) is 0 Å². The SMILES string of the molecule is CC(C)C(C)(N)CC(C)(C)N. The van der Waals surface area contributed by atoms with Crippen LogP contribution in [-0.4, -0.2) is 11.1 Å². The van der Waals surface area contributed by atoms with Gasteiger partial charge in [0.1, 0.15) is 0 Å². The predicted octanol–water partition coefficient (Wildman–Crippen LogP) is 1.49. The van der Waals surface area contributed by atoms with Crippen LogP contribution in [0.2, 0.25) is 0 Å². The van der Waals surface area contributed by atoms with E-state index in [1.54, 1.807) is 0 Å². The zero-order valence-corrected chi connectivity index (χ0v) is 8.44. The normalized spacial score (nSPS) is 18.5. The maximum absolute atomic E-state index is 6.07. The summed E-state index contributed by atoms with van der Waals surface area (Å²) in [6, 6.07) is 0. The minimum atomic E-state index is -0.159. The van der Waals surface area contributed by atoms with E-state index in [-0.39, 0.29) is 11.1 Å². The van der Waals surface area contributed by atoms with Crippen molar-refractivity contribution >= 4 is 0 Å². The maximum atomic E-state index is 6.07. The van der Waals surface area contributed by atoms with E-state index in [0.717, 1.165) is 6.42 Å². The van der Waals surface area contributed by atoms with Crippen molar-refractivity contribution in [3.8, 4) is 0 Å². The second-order valence-electron chi connectivity index (χ2n) is 4.83. The molecule has 0 aromatic carbocycles. The highest BCUT2D eigenvalue weighted by Gasteiger charge is 2.28. The number of hydrogen-bond acceptors (Lipinski definition) is 2. The Morgan fingerprint density at radius 2 is 1.45 bits per heavy atom. The molecule has 0 aliphatic rings. The van der Waals surface area contributed by atoms with E-state index in [2.05, 4.69) is 20.8 Å². The molecular weight excluding hydrogens is 136 g/mol. The Morgan fingerprint density at radius 1 is 1.09 bits per heavy atom. The van der Waals surface area contributed by atoms with Gasteiger partial charge in [0.15, 0.2) is 0 Å². The fraction of sp³-hybridized carbons (Fsp3) is 1.00. The Hall–Kier alpha value is -0.0800. The Bertz CT molecular complexity index is 120. The molecule has 0 bridgehead atoms. The third-order valence-corrected chi connectivity index (χ3v) is 2.16. The van der Waals surface area contributed by atoms with E-state index < -0.39 is 0 Å². The monoisotopic (exact) mass is 158 g/mol. The molecule has 0 aromatic rings. The van der Waals surface area contributed by atoms with Gasteiger partial charge in [-0.3, -0.25) is 0 Å². The molecule has 0 amide bonds. The van der Waals surface area contributed by atoms with Crippen LogP contribution in [0.25, 0.3) is 0 Å². The molecule has 0 aliphatic heterocycles. The Morgan fingerprint density at radius 3 is 1.55 bits per heavy atom. The number of rotatable bonds is 3. The summed E-state index contributed by atoms with van der Waals surface area (Å²) in [7, 11) is 0. The molecule has 0 heterocycles. The van der Waals surface area contributed by atoms with Crippen LogP contribution < -0.4 is 11.5 Å². The molecule has 1 unspecified atom stereocenters. The molecule has 0 aliphatic carbocycles. The molecule has 0 radical (unpaired) electrons. The first-order valence-electron chi connectivity index (χ1n) is 4.23. The molecule has 0 fully saturated rings. The van der Waals surface area contributed by atoms with Gasteiger partial charge in [-0.2, -0.15) is 0 Å². The van der Waals surface area contributed by atoms with Crippen molar-refractivity contribution in [3.63, 3.8) is 0 Å². The van der Waals surface area contributed by atoms with Crippen molar-refractivity contribution in [2.24, 2.45) is 17.4 Å². The van der Waals surface area contributed by atoms with Crippen LogP contribution in [0.3, 0.4) is 0 Å². The molecule has 68 valence electrons. The van der Waals surface area contributed by atoms with E-state index in [4.69, 9.17) is 11.5 Å². The van der Waals surface area contributed by atoms with Gasteiger partial charge in [-0.1, -0.05) is 13.8 Å². The van der Waals surface area contributed by atoms with Crippen LogP contribution in [0.5, 0.6) is 0 Å². The van der Waals surface area contributed by atoms with Gasteiger partial charge in [-0.25, -0.2) is 0 Å². The first-order chi connectivity index (χ1) is 4.65. The van der Waals surface area contributed by atoms with E-state index in [9.17, 15) is 0 Å². The molecule has 1 atom stereocenters. The summed E-state index contributed by atoms with van der Waals surface area (Å²) in [5.74, 6) is 0.477. The summed E-state index contributed by atoms with van der Waals surface area (Å²) >= 11 is 0. The Kier molecular flexibility index (Phi) is 3.09. The molecule has 0 spiro atoms. The highest BCUT2D eigenvalue weighted by Crippen LogP contribution is 2.22. The van der Waals surface area contributed by atoms with Crippen molar-refractivity contribution in [2.75, 3.05) is 0 Å². The summed E-state index contributed by atoms with van der Waals surface area (Å²) in [5, 5.41) is 0. The first-order valence-corrected chi connectivity index (χ1v) is 4.23. The lowest BCUT2D eigenvalue weighted by atomic mass is 9.79. The summed E-state index contributed by atoms with van der Waals surface area (Å²) < 4.78 is 0. The minimum Gasteiger partial charge on any atom is -0.325 e. The quantitative estimate of drug-likeness (QED) is 0.653. The topological polar surface area (TPSA) is 52.0 Å². The van der Waals surface area contributed by atoms with Crippen molar-refractivity contribution in [3.05, 3.63) is 0 Å². The van der Waals surface area contributed by atoms with Gasteiger partial charge < -0.3 is 11.5 Å².